The van der Waals surface area contributed by atoms with Crippen molar-refractivity contribution in [2.45, 2.75) is 46.0 Å². The Labute approximate surface area is 124 Å². The zero-order chi connectivity index (χ0) is 14.9. The molecule has 0 saturated heterocycles. The van der Waals surface area contributed by atoms with Crippen molar-refractivity contribution in [3.05, 3.63) is 18.2 Å². The van der Waals surface area contributed by atoms with Gasteiger partial charge in [0.05, 0.1) is 6.61 Å². The topological polar surface area (TPSA) is 73.9 Å². The molecule has 0 N–H and O–H groups in total. The Bertz CT molecular complexity index is 614. The Morgan fingerprint density at radius 3 is 2.81 bits per heavy atom. The smallest absolute Gasteiger partial charge is 0.317 e. The molecule has 0 atom stereocenters. The second kappa shape index (κ2) is 5.42. The highest BCUT2D eigenvalue weighted by atomic mass is 16.5. The molecule has 6 heteroatoms. The summed E-state index contributed by atoms with van der Waals surface area (Å²) in [4.78, 5) is 12.8. The van der Waals surface area contributed by atoms with Crippen molar-refractivity contribution >= 4 is 0 Å². The van der Waals surface area contributed by atoms with Gasteiger partial charge >= 0.3 is 6.01 Å². The summed E-state index contributed by atoms with van der Waals surface area (Å²) in [5, 5.41) is 3.98. The molecule has 0 aromatic carbocycles. The monoisotopic (exact) mass is 288 g/mol. The number of rotatable bonds is 5. The average molecular weight is 288 g/mol. The van der Waals surface area contributed by atoms with Crippen LogP contribution in [0.5, 0.6) is 6.01 Å². The molecule has 0 amide bonds. The summed E-state index contributed by atoms with van der Waals surface area (Å²) < 4.78 is 10.8. The molecule has 0 unspecified atom stereocenters. The molecule has 2 heterocycles. The van der Waals surface area contributed by atoms with Crippen LogP contribution < -0.4 is 4.74 Å². The molecule has 2 aromatic rings. The lowest BCUT2D eigenvalue weighted by Crippen LogP contribution is -2.12. The van der Waals surface area contributed by atoms with Crippen LogP contribution in [0.4, 0.5) is 0 Å². The van der Waals surface area contributed by atoms with Gasteiger partial charge in [-0.2, -0.15) is 9.97 Å². The maximum Gasteiger partial charge on any atom is 0.317 e. The Balaban J connectivity index is 1.67. The molecule has 0 spiro atoms. The summed E-state index contributed by atoms with van der Waals surface area (Å²) in [5.41, 5.74) is 0.858. The van der Waals surface area contributed by atoms with E-state index in [1.807, 2.05) is 0 Å². The first-order chi connectivity index (χ1) is 10.0. The van der Waals surface area contributed by atoms with E-state index in [1.165, 1.54) is 0 Å². The molecule has 112 valence electrons. The van der Waals surface area contributed by atoms with Crippen molar-refractivity contribution < 1.29 is 9.26 Å². The Kier molecular flexibility index (Phi) is 3.61. The zero-order valence-corrected chi connectivity index (χ0v) is 12.7. The van der Waals surface area contributed by atoms with E-state index in [0.29, 0.717) is 35.9 Å². The fourth-order valence-electron chi connectivity index (χ4n) is 1.82. The van der Waals surface area contributed by atoms with Crippen molar-refractivity contribution in [3.8, 4) is 17.5 Å². The summed E-state index contributed by atoms with van der Waals surface area (Å²) in [5.74, 6) is 1.65. The third kappa shape index (κ3) is 3.77. The fourth-order valence-corrected chi connectivity index (χ4v) is 1.82. The molecular weight excluding hydrogens is 268 g/mol. The lowest BCUT2D eigenvalue weighted by molar-refractivity contribution is 0.229. The van der Waals surface area contributed by atoms with Crippen LogP contribution in [0, 0.1) is 5.41 Å². The number of ether oxygens (including phenoxy) is 1. The predicted molar refractivity (Wildman–Crippen MR) is 76.9 cm³/mol. The first-order valence-corrected chi connectivity index (χ1v) is 7.31. The third-order valence-corrected chi connectivity index (χ3v) is 3.31. The van der Waals surface area contributed by atoms with Gasteiger partial charge in [0.15, 0.2) is 0 Å². The second-order valence-corrected chi connectivity index (χ2v) is 6.61. The van der Waals surface area contributed by atoms with E-state index >= 15 is 0 Å². The Morgan fingerprint density at radius 1 is 1.29 bits per heavy atom. The first-order valence-electron chi connectivity index (χ1n) is 7.31. The van der Waals surface area contributed by atoms with Crippen LogP contribution in [0.2, 0.25) is 0 Å². The SMILES string of the molecule is CC(C)(C)CCOc1nccc(-c2noc(C3CC3)n2)n1. The minimum Gasteiger partial charge on any atom is -0.463 e. The Hall–Kier alpha value is -1.98. The van der Waals surface area contributed by atoms with Gasteiger partial charge in [0.1, 0.15) is 5.69 Å². The van der Waals surface area contributed by atoms with Gasteiger partial charge in [-0.3, -0.25) is 0 Å². The molecule has 3 rings (SSSR count). The van der Waals surface area contributed by atoms with E-state index in [2.05, 4.69) is 40.9 Å². The van der Waals surface area contributed by atoms with Crippen molar-refractivity contribution in [1.29, 1.82) is 0 Å². The normalized spacial score (nSPS) is 15.2. The zero-order valence-electron chi connectivity index (χ0n) is 12.7. The van der Waals surface area contributed by atoms with Gasteiger partial charge in [0, 0.05) is 12.1 Å². The molecular formula is C15H20N4O2. The lowest BCUT2D eigenvalue weighted by atomic mass is 9.93. The van der Waals surface area contributed by atoms with Crippen LogP contribution in [0.1, 0.15) is 51.8 Å². The molecule has 1 aliphatic rings. The summed E-state index contributed by atoms with van der Waals surface area (Å²) in [6.45, 7) is 7.11. The van der Waals surface area contributed by atoms with Gasteiger partial charge in [-0.25, -0.2) is 4.98 Å². The average Bonchev–Trinajstić information content (AvgIpc) is 3.15. The van der Waals surface area contributed by atoms with E-state index in [4.69, 9.17) is 9.26 Å². The number of hydrogen-bond donors (Lipinski definition) is 0. The predicted octanol–water partition coefficient (Wildman–Crippen LogP) is 3.22. The maximum absolute atomic E-state index is 5.60. The highest BCUT2D eigenvalue weighted by Gasteiger charge is 2.30. The van der Waals surface area contributed by atoms with Crippen molar-refractivity contribution in [2.24, 2.45) is 5.41 Å². The van der Waals surface area contributed by atoms with Gasteiger partial charge in [-0.15, -0.1) is 0 Å². The third-order valence-electron chi connectivity index (χ3n) is 3.31. The molecule has 1 saturated carbocycles. The number of nitrogens with zero attached hydrogens (tertiary/aromatic N) is 4. The van der Waals surface area contributed by atoms with Crippen LogP contribution in [0.25, 0.3) is 11.5 Å². The Morgan fingerprint density at radius 2 is 2.10 bits per heavy atom. The number of aromatic nitrogens is 4. The van der Waals surface area contributed by atoms with E-state index in [9.17, 15) is 0 Å². The van der Waals surface area contributed by atoms with Crippen LogP contribution in [0.3, 0.4) is 0 Å². The van der Waals surface area contributed by atoms with Crippen molar-refractivity contribution in [3.63, 3.8) is 0 Å². The van der Waals surface area contributed by atoms with Crippen molar-refractivity contribution in [2.75, 3.05) is 6.61 Å². The lowest BCUT2D eigenvalue weighted by Gasteiger charge is -2.17. The van der Waals surface area contributed by atoms with Gasteiger partial charge in [-0.1, -0.05) is 25.9 Å². The van der Waals surface area contributed by atoms with Crippen LogP contribution in [0.15, 0.2) is 16.8 Å². The second-order valence-electron chi connectivity index (χ2n) is 6.61. The molecule has 6 nitrogen and oxygen atoms in total. The van der Waals surface area contributed by atoms with E-state index in [-0.39, 0.29) is 5.41 Å². The van der Waals surface area contributed by atoms with Gasteiger partial charge < -0.3 is 9.26 Å². The minimum absolute atomic E-state index is 0.227. The maximum atomic E-state index is 5.60. The van der Waals surface area contributed by atoms with Crippen LogP contribution >= 0.6 is 0 Å². The van der Waals surface area contributed by atoms with Gasteiger partial charge in [-0.05, 0) is 30.7 Å². The highest BCUT2D eigenvalue weighted by Crippen LogP contribution is 2.39. The fraction of sp³-hybridized carbons (Fsp3) is 0.600. The first kappa shape index (κ1) is 14.0. The largest absolute Gasteiger partial charge is 0.463 e. The van der Waals surface area contributed by atoms with E-state index < -0.39 is 0 Å². The van der Waals surface area contributed by atoms with E-state index in [1.54, 1.807) is 12.3 Å². The summed E-state index contributed by atoms with van der Waals surface area (Å²) in [6.07, 6.45) is 4.86. The molecule has 1 aliphatic carbocycles. The van der Waals surface area contributed by atoms with Crippen LogP contribution in [-0.4, -0.2) is 26.7 Å². The minimum atomic E-state index is 0.227. The summed E-state index contributed by atoms with van der Waals surface area (Å²) in [6, 6.07) is 2.12. The van der Waals surface area contributed by atoms with Gasteiger partial charge in [0.25, 0.3) is 0 Å². The molecule has 21 heavy (non-hydrogen) atoms. The van der Waals surface area contributed by atoms with E-state index in [0.717, 1.165) is 19.3 Å². The molecule has 0 radical (unpaired) electrons. The van der Waals surface area contributed by atoms with Gasteiger partial charge in [0.2, 0.25) is 11.7 Å². The van der Waals surface area contributed by atoms with Crippen LogP contribution in [-0.2, 0) is 0 Å². The van der Waals surface area contributed by atoms with Crippen molar-refractivity contribution in [1.82, 2.24) is 20.1 Å². The molecule has 2 aromatic heterocycles. The standard InChI is InChI=1S/C15H20N4O2/c1-15(2,3)7-9-20-14-16-8-6-11(17-14)12-18-13(21-19-12)10-4-5-10/h6,8,10H,4-5,7,9H2,1-3H3. The molecule has 1 fully saturated rings. The highest BCUT2D eigenvalue weighted by molar-refractivity contribution is 5.47. The summed E-state index contributed by atoms with van der Waals surface area (Å²) in [7, 11) is 0. The summed E-state index contributed by atoms with van der Waals surface area (Å²) >= 11 is 0. The number of hydrogen-bond acceptors (Lipinski definition) is 6. The molecule has 0 bridgehead atoms. The quantitative estimate of drug-likeness (QED) is 0.841. The molecule has 0 aliphatic heterocycles.